The van der Waals surface area contributed by atoms with Gasteiger partial charge in [0.1, 0.15) is 0 Å². The molecular weight excluding hydrogens is 240 g/mol. The highest BCUT2D eigenvalue weighted by molar-refractivity contribution is 5.83. The lowest BCUT2D eigenvalue weighted by Gasteiger charge is -2.42. The first kappa shape index (κ1) is 16.4. The van der Waals surface area contributed by atoms with Crippen LogP contribution in [0.4, 0.5) is 0 Å². The van der Waals surface area contributed by atoms with Gasteiger partial charge in [-0.2, -0.15) is 0 Å². The largest absolute Gasteiger partial charge is 0.395 e. The maximum atomic E-state index is 13.0. The quantitative estimate of drug-likeness (QED) is 0.741. The summed E-state index contributed by atoms with van der Waals surface area (Å²) < 4.78 is 0. The van der Waals surface area contributed by atoms with Crippen molar-refractivity contribution < 1.29 is 9.90 Å². The first-order valence-corrected chi connectivity index (χ1v) is 7.77. The molecule has 0 aromatic rings. The van der Waals surface area contributed by atoms with Gasteiger partial charge in [-0.3, -0.25) is 4.79 Å². The Morgan fingerprint density at radius 1 is 1.26 bits per heavy atom. The van der Waals surface area contributed by atoms with Crippen LogP contribution in [-0.2, 0) is 4.79 Å². The Morgan fingerprint density at radius 2 is 1.84 bits per heavy atom. The van der Waals surface area contributed by atoms with Gasteiger partial charge in [0.05, 0.1) is 12.0 Å². The van der Waals surface area contributed by atoms with E-state index in [0.29, 0.717) is 6.54 Å². The van der Waals surface area contributed by atoms with Crippen molar-refractivity contribution in [1.82, 2.24) is 10.2 Å². The molecule has 0 spiro atoms. The predicted molar refractivity (Wildman–Crippen MR) is 78.0 cm³/mol. The fraction of sp³-hybridized carbons (Fsp3) is 0.933. The molecule has 0 aliphatic carbocycles. The van der Waals surface area contributed by atoms with E-state index in [1.54, 1.807) is 0 Å². The summed E-state index contributed by atoms with van der Waals surface area (Å²) in [6.07, 6.45) is 4.66. The lowest BCUT2D eigenvalue weighted by Crippen LogP contribution is -2.52. The van der Waals surface area contributed by atoms with Gasteiger partial charge in [-0.15, -0.1) is 0 Å². The molecule has 0 radical (unpaired) electrons. The van der Waals surface area contributed by atoms with Crippen LogP contribution < -0.4 is 5.32 Å². The molecule has 1 amide bonds. The summed E-state index contributed by atoms with van der Waals surface area (Å²) in [5, 5.41) is 12.6. The highest BCUT2D eigenvalue weighted by Gasteiger charge is 2.41. The topological polar surface area (TPSA) is 52.6 Å². The van der Waals surface area contributed by atoms with Gasteiger partial charge in [0.2, 0.25) is 5.91 Å². The number of piperidine rings is 1. The number of aliphatic hydroxyl groups excluding tert-OH is 1. The van der Waals surface area contributed by atoms with Crippen LogP contribution in [0.3, 0.4) is 0 Å². The Balaban J connectivity index is 2.89. The third-order valence-electron chi connectivity index (χ3n) is 4.68. The molecule has 0 aromatic heterocycles. The molecule has 19 heavy (non-hydrogen) atoms. The molecule has 1 aliphatic rings. The van der Waals surface area contributed by atoms with Crippen molar-refractivity contribution in [2.45, 2.75) is 58.9 Å². The van der Waals surface area contributed by atoms with E-state index < -0.39 is 0 Å². The standard InChI is InChI=1S/C15H30N2O2/c1-4-13(5-2)17(11-12-18)14(19)15(6-3)7-9-16-10-8-15/h13,16,18H,4-12H2,1-3H3. The van der Waals surface area contributed by atoms with Crippen LogP contribution in [0.1, 0.15) is 52.9 Å². The summed E-state index contributed by atoms with van der Waals surface area (Å²) in [6.45, 7) is 8.73. The number of amides is 1. The minimum absolute atomic E-state index is 0.0558. The van der Waals surface area contributed by atoms with Gasteiger partial charge in [-0.1, -0.05) is 20.8 Å². The normalized spacial score (nSPS) is 18.6. The van der Waals surface area contributed by atoms with Crippen LogP contribution in [0.25, 0.3) is 0 Å². The number of hydrogen-bond donors (Lipinski definition) is 2. The zero-order chi connectivity index (χ0) is 14.3. The minimum Gasteiger partial charge on any atom is -0.395 e. The first-order valence-electron chi connectivity index (χ1n) is 7.77. The van der Waals surface area contributed by atoms with Crippen LogP contribution in [-0.4, -0.2) is 48.2 Å². The smallest absolute Gasteiger partial charge is 0.229 e. The predicted octanol–water partition coefficient (Wildman–Crippen LogP) is 1.78. The number of nitrogens with zero attached hydrogens (tertiary/aromatic N) is 1. The molecular formula is C15H30N2O2. The second kappa shape index (κ2) is 7.85. The molecule has 0 aromatic carbocycles. The molecule has 4 heteroatoms. The Bertz CT molecular complexity index is 271. The summed E-state index contributed by atoms with van der Waals surface area (Å²) in [4.78, 5) is 14.9. The van der Waals surface area contributed by atoms with Gasteiger partial charge in [0.25, 0.3) is 0 Å². The SMILES string of the molecule is CCC(CC)N(CCO)C(=O)C1(CC)CCNCC1. The zero-order valence-corrected chi connectivity index (χ0v) is 12.7. The maximum Gasteiger partial charge on any atom is 0.229 e. The number of carbonyl (C=O) groups is 1. The van der Waals surface area contributed by atoms with Crippen molar-refractivity contribution in [2.75, 3.05) is 26.2 Å². The summed E-state index contributed by atoms with van der Waals surface area (Å²) in [5.41, 5.74) is -0.205. The zero-order valence-electron chi connectivity index (χ0n) is 12.7. The first-order chi connectivity index (χ1) is 9.15. The second-order valence-electron chi connectivity index (χ2n) is 5.58. The van der Waals surface area contributed by atoms with Crippen LogP contribution in [0, 0.1) is 5.41 Å². The summed E-state index contributed by atoms with van der Waals surface area (Å²) >= 11 is 0. The van der Waals surface area contributed by atoms with Crippen LogP contribution in [0.2, 0.25) is 0 Å². The number of nitrogens with one attached hydrogen (secondary N) is 1. The van der Waals surface area contributed by atoms with E-state index in [1.807, 2.05) is 4.90 Å². The molecule has 2 N–H and O–H groups in total. The Kier molecular flexibility index (Phi) is 6.80. The van der Waals surface area contributed by atoms with Crippen LogP contribution >= 0.6 is 0 Å². The van der Waals surface area contributed by atoms with E-state index in [4.69, 9.17) is 0 Å². The van der Waals surface area contributed by atoms with E-state index in [-0.39, 0.29) is 24.0 Å². The highest BCUT2D eigenvalue weighted by atomic mass is 16.3. The molecule has 1 fully saturated rings. The van der Waals surface area contributed by atoms with E-state index in [1.165, 1.54) is 0 Å². The number of hydrogen-bond acceptors (Lipinski definition) is 3. The van der Waals surface area contributed by atoms with Gasteiger partial charge >= 0.3 is 0 Å². The summed E-state index contributed by atoms with van der Waals surface area (Å²) in [7, 11) is 0. The average Bonchev–Trinajstić information content (AvgIpc) is 2.47. The lowest BCUT2D eigenvalue weighted by atomic mass is 9.75. The van der Waals surface area contributed by atoms with Crippen LogP contribution in [0.5, 0.6) is 0 Å². The van der Waals surface area contributed by atoms with Gasteiger partial charge in [0.15, 0.2) is 0 Å². The molecule has 112 valence electrons. The van der Waals surface area contributed by atoms with Crippen molar-refractivity contribution in [3.8, 4) is 0 Å². The van der Waals surface area contributed by atoms with Gasteiger partial charge in [-0.05, 0) is 45.2 Å². The molecule has 1 aliphatic heterocycles. The average molecular weight is 270 g/mol. The van der Waals surface area contributed by atoms with E-state index in [0.717, 1.165) is 45.2 Å². The van der Waals surface area contributed by atoms with E-state index in [9.17, 15) is 9.90 Å². The minimum atomic E-state index is -0.205. The maximum absolute atomic E-state index is 13.0. The molecule has 4 nitrogen and oxygen atoms in total. The number of rotatable bonds is 7. The van der Waals surface area contributed by atoms with Crippen molar-refractivity contribution in [3.63, 3.8) is 0 Å². The number of carbonyl (C=O) groups excluding carboxylic acids is 1. The summed E-state index contributed by atoms with van der Waals surface area (Å²) in [6, 6.07) is 0.262. The van der Waals surface area contributed by atoms with Crippen molar-refractivity contribution in [3.05, 3.63) is 0 Å². The Labute approximate surface area is 117 Å². The van der Waals surface area contributed by atoms with Crippen molar-refractivity contribution >= 4 is 5.91 Å². The summed E-state index contributed by atoms with van der Waals surface area (Å²) in [5.74, 6) is 0.263. The molecule has 1 saturated heterocycles. The third-order valence-corrected chi connectivity index (χ3v) is 4.68. The van der Waals surface area contributed by atoms with Gasteiger partial charge < -0.3 is 15.3 Å². The Morgan fingerprint density at radius 3 is 2.26 bits per heavy atom. The van der Waals surface area contributed by atoms with Gasteiger partial charge in [0, 0.05) is 12.6 Å². The van der Waals surface area contributed by atoms with Crippen molar-refractivity contribution in [1.29, 1.82) is 0 Å². The molecule has 0 atom stereocenters. The molecule has 1 heterocycles. The number of aliphatic hydroxyl groups is 1. The fourth-order valence-corrected chi connectivity index (χ4v) is 3.22. The van der Waals surface area contributed by atoms with E-state index >= 15 is 0 Å². The third kappa shape index (κ3) is 3.69. The Hall–Kier alpha value is -0.610. The molecule has 0 saturated carbocycles. The monoisotopic (exact) mass is 270 g/mol. The lowest BCUT2D eigenvalue weighted by molar-refractivity contribution is -0.147. The molecule has 0 unspecified atom stereocenters. The fourth-order valence-electron chi connectivity index (χ4n) is 3.22. The van der Waals surface area contributed by atoms with E-state index in [2.05, 4.69) is 26.1 Å². The highest BCUT2D eigenvalue weighted by Crippen LogP contribution is 2.35. The molecule has 0 bridgehead atoms. The van der Waals surface area contributed by atoms with Crippen molar-refractivity contribution in [2.24, 2.45) is 5.41 Å². The van der Waals surface area contributed by atoms with Gasteiger partial charge in [-0.25, -0.2) is 0 Å². The second-order valence-corrected chi connectivity index (χ2v) is 5.58. The molecule has 1 rings (SSSR count). The van der Waals surface area contributed by atoms with Crippen LogP contribution in [0.15, 0.2) is 0 Å².